The van der Waals surface area contributed by atoms with E-state index in [9.17, 15) is 9.18 Å². The van der Waals surface area contributed by atoms with Gasteiger partial charge in [0, 0.05) is 24.2 Å². The first-order chi connectivity index (χ1) is 13.7. The molecule has 0 atom stereocenters. The Balaban J connectivity index is 1.39. The van der Waals surface area contributed by atoms with Crippen LogP contribution in [0.5, 0.6) is 0 Å². The van der Waals surface area contributed by atoms with Gasteiger partial charge in [0.1, 0.15) is 18.1 Å². The van der Waals surface area contributed by atoms with Crippen LogP contribution in [-0.4, -0.2) is 25.7 Å². The second kappa shape index (κ2) is 7.83. The zero-order valence-corrected chi connectivity index (χ0v) is 14.7. The molecular weight excluding hydrogens is 361 g/mol. The van der Waals surface area contributed by atoms with Crippen molar-refractivity contribution in [1.82, 2.24) is 25.1 Å². The Hall–Kier alpha value is -3.81. The molecule has 0 aliphatic rings. The standard InChI is InChI=1S/C20H16FN5O2/c21-16-5-3-14(4-6-16)15-10-25-26(12-15)13-19(27)24-11-17-20(23-8-7-22-17)18-2-1-9-28-18/h1-10,12H,11,13H2,(H,24,27). The molecule has 1 N–H and O–H groups in total. The van der Waals surface area contributed by atoms with E-state index in [4.69, 9.17) is 4.42 Å². The van der Waals surface area contributed by atoms with Gasteiger partial charge in [0.15, 0.2) is 5.76 Å². The van der Waals surface area contributed by atoms with Crippen LogP contribution >= 0.6 is 0 Å². The largest absolute Gasteiger partial charge is 0.463 e. The van der Waals surface area contributed by atoms with Crippen LogP contribution in [-0.2, 0) is 17.9 Å². The van der Waals surface area contributed by atoms with Crippen molar-refractivity contribution in [2.24, 2.45) is 0 Å². The highest BCUT2D eigenvalue weighted by Gasteiger charge is 2.12. The summed E-state index contributed by atoms with van der Waals surface area (Å²) in [4.78, 5) is 20.8. The molecule has 3 aromatic heterocycles. The molecule has 0 radical (unpaired) electrons. The molecule has 0 unspecified atom stereocenters. The van der Waals surface area contributed by atoms with Gasteiger partial charge in [-0.2, -0.15) is 5.10 Å². The van der Waals surface area contributed by atoms with Crippen LogP contribution in [0, 0.1) is 5.82 Å². The van der Waals surface area contributed by atoms with Crippen molar-refractivity contribution in [3.8, 4) is 22.6 Å². The molecule has 0 saturated carbocycles. The molecule has 4 aromatic rings. The quantitative estimate of drug-likeness (QED) is 0.558. The van der Waals surface area contributed by atoms with Gasteiger partial charge in [0.05, 0.1) is 24.7 Å². The van der Waals surface area contributed by atoms with E-state index in [2.05, 4.69) is 20.4 Å². The summed E-state index contributed by atoms with van der Waals surface area (Å²) in [7, 11) is 0. The molecular formula is C20H16FN5O2. The lowest BCUT2D eigenvalue weighted by atomic mass is 10.1. The fourth-order valence-electron chi connectivity index (χ4n) is 2.74. The highest BCUT2D eigenvalue weighted by Crippen LogP contribution is 2.20. The third kappa shape index (κ3) is 3.96. The Bertz CT molecular complexity index is 1070. The number of nitrogens with zero attached hydrogens (tertiary/aromatic N) is 4. The van der Waals surface area contributed by atoms with Crippen molar-refractivity contribution >= 4 is 5.91 Å². The first-order valence-electron chi connectivity index (χ1n) is 8.58. The molecule has 8 heteroatoms. The van der Waals surface area contributed by atoms with E-state index in [-0.39, 0.29) is 24.8 Å². The molecule has 0 saturated heterocycles. The lowest BCUT2D eigenvalue weighted by Crippen LogP contribution is -2.28. The summed E-state index contributed by atoms with van der Waals surface area (Å²) in [5, 5.41) is 7.00. The summed E-state index contributed by atoms with van der Waals surface area (Å²) < 4.78 is 19.9. The third-order valence-electron chi connectivity index (χ3n) is 4.10. The average molecular weight is 377 g/mol. The first-order valence-corrected chi connectivity index (χ1v) is 8.58. The predicted molar refractivity (Wildman–Crippen MR) is 99.2 cm³/mol. The number of carbonyl (C=O) groups is 1. The monoisotopic (exact) mass is 377 g/mol. The van der Waals surface area contributed by atoms with Gasteiger partial charge in [0.2, 0.25) is 5.91 Å². The van der Waals surface area contributed by atoms with E-state index < -0.39 is 0 Å². The number of benzene rings is 1. The van der Waals surface area contributed by atoms with Gasteiger partial charge in [-0.15, -0.1) is 0 Å². The molecule has 1 amide bonds. The van der Waals surface area contributed by atoms with Gasteiger partial charge in [-0.1, -0.05) is 12.1 Å². The first kappa shape index (κ1) is 17.6. The normalized spacial score (nSPS) is 10.8. The zero-order valence-electron chi connectivity index (χ0n) is 14.7. The molecule has 0 aliphatic heterocycles. The minimum Gasteiger partial charge on any atom is -0.463 e. The van der Waals surface area contributed by atoms with Crippen molar-refractivity contribution in [2.75, 3.05) is 0 Å². The Morgan fingerprint density at radius 1 is 1.11 bits per heavy atom. The molecule has 0 aliphatic carbocycles. The minimum absolute atomic E-state index is 0.0531. The van der Waals surface area contributed by atoms with Crippen molar-refractivity contribution < 1.29 is 13.6 Å². The van der Waals surface area contributed by atoms with E-state index in [1.807, 2.05) is 0 Å². The molecule has 0 bridgehead atoms. The summed E-state index contributed by atoms with van der Waals surface area (Å²) in [6, 6.07) is 9.66. The highest BCUT2D eigenvalue weighted by molar-refractivity contribution is 5.76. The maximum atomic E-state index is 13.0. The second-order valence-corrected chi connectivity index (χ2v) is 6.04. The molecule has 0 spiro atoms. The van der Waals surface area contributed by atoms with Crippen LogP contribution in [0.1, 0.15) is 5.69 Å². The van der Waals surface area contributed by atoms with Crippen LogP contribution in [0.25, 0.3) is 22.6 Å². The van der Waals surface area contributed by atoms with Crippen molar-refractivity contribution in [3.63, 3.8) is 0 Å². The zero-order chi connectivity index (χ0) is 19.3. The third-order valence-corrected chi connectivity index (χ3v) is 4.10. The summed E-state index contributed by atoms with van der Waals surface area (Å²) in [6.45, 7) is 0.270. The summed E-state index contributed by atoms with van der Waals surface area (Å²) in [5.74, 6) is 0.0756. The summed E-state index contributed by atoms with van der Waals surface area (Å²) >= 11 is 0. The Labute approximate surface area is 159 Å². The second-order valence-electron chi connectivity index (χ2n) is 6.04. The Kier molecular flexibility index (Phi) is 4.92. The Morgan fingerprint density at radius 2 is 1.93 bits per heavy atom. The minimum atomic E-state index is -0.298. The van der Waals surface area contributed by atoms with Crippen molar-refractivity contribution in [1.29, 1.82) is 0 Å². The van der Waals surface area contributed by atoms with Crippen LogP contribution in [0.15, 0.2) is 71.9 Å². The average Bonchev–Trinajstić information content (AvgIpc) is 3.39. The number of aromatic nitrogens is 4. The smallest absolute Gasteiger partial charge is 0.242 e. The van der Waals surface area contributed by atoms with Gasteiger partial charge in [-0.3, -0.25) is 14.5 Å². The predicted octanol–water partition coefficient (Wildman–Crippen LogP) is 3.06. The van der Waals surface area contributed by atoms with Gasteiger partial charge >= 0.3 is 0 Å². The van der Waals surface area contributed by atoms with Crippen molar-refractivity contribution in [2.45, 2.75) is 13.1 Å². The summed E-state index contributed by atoms with van der Waals surface area (Å²) in [6.07, 6.45) is 8.07. The number of amides is 1. The van der Waals surface area contributed by atoms with Crippen LogP contribution < -0.4 is 5.32 Å². The molecule has 0 fully saturated rings. The van der Waals surface area contributed by atoms with Crippen molar-refractivity contribution in [3.05, 3.63) is 79.0 Å². The molecule has 4 rings (SSSR count). The lowest BCUT2D eigenvalue weighted by molar-refractivity contribution is -0.122. The summed E-state index contributed by atoms with van der Waals surface area (Å²) in [5.41, 5.74) is 2.83. The number of nitrogens with one attached hydrogen (secondary N) is 1. The maximum absolute atomic E-state index is 13.0. The number of furan rings is 1. The highest BCUT2D eigenvalue weighted by atomic mass is 19.1. The van der Waals surface area contributed by atoms with E-state index >= 15 is 0 Å². The lowest BCUT2D eigenvalue weighted by Gasteiger charge is -2.07. The van der Waals surface area contributed by atoms with E-state index in [0.29, 0.717) is 17.1 Å². The SMILES string of the molecule is O=C(Cn1cc(-c2ccc(F)cc2)cn1)NCc1nccnc1-c1ccco1. The van der Waals surface area contributed by atoms with Gasteiger partial charge < -0.3 is 9.73 Å². The molecule has 1 aromatic carbocycles. The molecule has 28 heavy (non-hydrogen) atoms. The fraction of sp³-hybridized carbons (Fsp3) is 0.100. The number of halogens is 1. The van der Waals surface area contributed by atoms with E-state index in [1.165, 1.54) is 16.8 Å². The van der Waals surface area contributed by atoms with E-state index in [0.717, 1.165) is 11.1 Å². The number of rotatable bonds is 6. The number of carbonyl (C=O) groups excluding carboxylic acids is 1. The van der Waals surface area contributed by atoms with E-state index in [1.54, 1.807) is 55.3 Å². The fourth-order valence-corrected chi connectivity index (χ4v) is 2.74. The van der Waals surface area contributed by atoms with Crippen LogP contribution in [0.3, 0.4) is 0 Å². The molecule has 7 nitrogen and oxygen atoms in total. The Morgan fingerprint density at radius 3 is 2.71 bits per heavy atom. The number of hydrogen-bond acceptors (Lipinski definition) is 5. The topological polar surface area (TPSA) is 85.8 Å². The van der Waals surface area contributed by atoms with Crippen LogP contribution in [0.4, 0.5) is 4.39 Å². The van der Waals surface area contributed by atoms with Gasteiger partial charge in [0.25, 0.3) is 0 Å². The van der Waals surface area contributed by atoms with Crippen LogP contribution in [0.2, 0.25) is 0 Å². The molecule has 3 heterocycles. The van der Waals surface area contributed by atoms with Gasteiger partial charge in [-0.25, -0.2) is 9.37 Å². The maximum Gasteiger partial charge on any atom is 0.242 e. The van der Waals surface area contributed by atoms with Gasteiger partial charge in [-0.05, 0) is 29.8 Å². The molecule has 140 valence electrons. The number of hydrogen-bond donors (Lipinski definition) is 1.